The topological polar surface area (TPSA) is 33.5 Å². The molecule has 13 rings (SSSR count). The Labute approximate surface area is 445 Å². The van der Waals surface area contributed by atoms with Crippen molar-refractivity contribution in [3.8, 4) is 50.7 Å². The zero-order valence-electron chi connectivity index (χ0n) is 42.9. The van der Waals surface area contributed by atoms with Crippen LogP contribution in [0.4, 0.5) is 22.7 Å². The summed E-state index contributed by atoms with van der Waals surface area (Å²) in [4.78, 5) is 9.44. The molecule has 11 aromatic rings. The van der Waals surface area contributed by atoms with Crippen molar-refractivity contribution in [3.63, 3.8) is 0 Å². The fourth-order valence-electron chi connectivity index (χ4n) is 11.1. The molecule has 9 aromatic carbocycles. The first-order valence-corrected chi connectivity index (χ1v) is 24.6. The minimum atomic E-state index is -1.64. The minimum absolute atomic E-state index is 0. The molecule has 2 aromatic heterocycles. The standard InChI is InChI=1S/C67H51N4O.Pt/c1-66(2,3)43-45-38-56(46-20-7-5-8-21-46)65(57(39-45)47-22-9-6-10-23-47)70-44-69(61-32-17-18-33-62(61)70)49-24-19-25-50(41-49)72-51-34-35-55-54-28-13-16-31-60(54)71(63(55)42-51)64-40-48(36-37-68-64)67(4)58-29-14-11-26-52(58)53-27-12-15-30-59(53)67;/h5-40,44H,43H2,1-4H3;/q-3;/i43D2;. The molecule has 1 aliphatic carbocycles. The fourth-order valence-corrected chi connectivity index (χ4v) is 11.1. The molecule has 0 spiro atoms. The predicted octanol–water partition coefficient (Wildman–Crippen LogP) is 17.2. The number of para-hydroxylation sites is 3. The largest absolute Gasteiger partial charge is 0.509 e. The first-order chi connectivity index (χ1) is 36.0. The van der Waals surface area contributed by atoms with Crippen LogP contribution < -0.4 is 14.5 Å². The maximum absolute atomic E-state index is 9.49. The Morgan fingerprint density at radius 3 is 1.84 bits per heavy atom. The molecular weight excluding hydrogens is 1070 g/mol. The summed E-state index contributed by atoms with van der Waals surface area (Å²) in [7, 11) is 0. The minimum Gasteiger partial charge on any atom is -0.509 e. The molecule has 3 heterocycles. The van der Waals surface area contributed by atoms with Crippen molar-refractivity contribution in [3.05, 3.63) is 260 Å². The molecule has 0 saturated heterocycles. The van der Waals surface area contributed by atoms with Gasteiger partial charge in [-0.05, 0) is 111 Å². The number of pyridine rings is 1. The van der Waals surface area contributed by atoms with Crippen LogP contribution in [0.1, 0.15) is 52.7 Å². The van der Waals surface area contributed by atoms with Crippen molar-refractivity contribution in [2.75, 3.05) is 9.80 Å². The van der Waals surface area contributed by atoms with E-state index in [1.54, 1.807) is 0 Å². The third-order valence-electron chi connectivity index (χ3n) is 14.2. The van der Waals surface area contributed by atoms with Gasteiger partial charge < -0.3 is 19.1 Å². The van der Waals surface area contributed by atoms with E-state index >= 15 is 0 Å². The Kier molecular flexibility index (Phi) is 10.9. The van der Waals surface area contributed by atoms with E-state index in [0.29, 0.717) is 17.1 Å². The maximum Gasteiger partial charge on any atom is 0.135 e. The van der Waals surface area contributed by atoms with Gasteiger partial charge in [0, 0.05) is 80.6 Å². The normalized spacial score (nSPS) is 14.0. The average Bonchev–Trinajstić information content (AvgIpc) is 4.10. The summed E-state index contributed by atoms with van der Waals surface area (Å²) in [6, 6.07) is 80.9. The third-order valence-corrected chi connectivity index (χ3v) is 14.2. The Morgan fingerprint density at radius 1 is 0.575 bits per heavy atom. The van der Waals surface area contributed by atoms with Crippen molar-refractivity contribution < 1.29 is 28.5 Å². The van der Waals surface area contributed by atoms with Crippen LogP contribution in [0.2, 0.25) is 0 Å². The maximum atomic E-state index is 9.49. The fraction of sp³-hybridized carbons (Fsp3) is 0.104. The summed E-state index contributed by atoms with van der Waals surface area (Å²) >= 11 is 0. The molecule has 0 fully saturated rings. The number of nitrogens with zero attached hydrogens (tertiary/aromatic N) is 4. The van der Waals surface area contributed by atoms with Crippen LogP contribution in [0.15, 0.2) is 219 Å². The molecule has 0 bridgehead atoms. The third kappa shape index (κ3) is 7.95. The van der Waals surface area contributed by atoms with Crippen LogP contribution in [0, 0.1) is 24.2 Å². The van der Waals surface area contributed by atoms with Gasteiger partial charge >= 0.3 is 0 Å². The number of aromatic nitrogens is 2. The van der Waals surface area contributed by atoms with Crippen LogP contribution in [0.5, 0.6) is 11.5 Å². The van der Waals surface area contributed by atoms with Gasteiger partial charge in [-0.15, -0.1) is 48.1 Å². The van der Waals surface area contributed by atoms with Crippen LogP contribution in [0.3, 0.4) is 0 Å². The van der Waals surface area contributed by atoms with Gasteiger partial charge in [-0.3, -0.25) is 0 Å². The van der Waals surface area contributed by atoms with Gasteiger partial charge in [-0.25, -0.2) is 4.98 Å². The van der Waals surface area contributed by atoms with Crippen LogP contribution in [-0.4, -0.2) is 9.55 Å². The summed E-state index contributed by atoms with van der Waals surface area (Å²) in [6.45, 7) is 10.3. The number of hydrogen-bond acceptors (Lipinski definition) is 4. The van der Waals surface area contributed by atoms with Crippen molar-refractivity contribution in [2.24, 2.45) is 5.41 Å². The summed E-state index contributed by atoms with van der Waals surface area (Å²) in [5.74, 6) is 1.90. The number of benzene rings is 9. The number of anilines is 4. The van der Waals surface area contributed by atoms with Crippen molar-refractivity contribution >= 4 is 44.6 Å². The summed E-state index contributed by atoms with van der Waals surface area (Å²) < 4.78 is 28.0. The van der Waals surface area contributed by atoms with Crippen molar-refractivity contribution in [2.45, 2.75) is 39.5 Å². The zero-order chi connectivity index (χ0) is 50.3. The molecule has 0 radical (unpaired) electrons. The van der Waals surface area contributed by atoms with Gasteiger partial charge in [0.2, 0.25) is 0 Å². The molecule has 2 aliphatic rings. The van der Waals surface area contributed by atoms with Gasteiger partial charge in [0.05, 0.1) is 0 Å². The zero-order valence-corrected chi connectivity index (χ0v) is 43.1. The van der Waals surface area contributed by atoms with Gasteiger partial charge in [-0.2, -0.15) is 12.1 Å². The molecule has 6 heteroatoms. The molecule has 0 N–H and O–H groups in total. The van der Waals surface area contributed by atoms with Gasteiger partial charge in [0.25, 0.3) is 0 Å². The monoisotopic (exact) mass is 1120 g/mol. The number of fused-ring (bicyclic) bond motifs is 7. The van der Waals surface area contributed by atoms with E-state index in [2.05, 4.69) is 192 Å². The Bertz CT molecular complexity index is 3870. The number of rotatable bonds is 9. The van der Waals surface area contributed by atoms with Gasteiger partial charge in [0.15, 0.2) is 0 Å². The Hall–Kier alpha value is -7.98. The molecule has 5 nitrogen and oxygen atoms in total. The van der Waals surface area contributed by atoms with E-state index in [0.717, 1.165) is 78.2 Å². The first-order valence-electron chi connectivity index (χ1n) is 25.6. The van der Waals surface area contributed by atoms with E-state index in [1.807, 2.05) is 87.6 Å². The van der Waals surface area contributed by atoms with E-state index < -0.39 is 11.8 Å². The van der Waals surface area contributed by atoms with Crippen LogP contribution in [0.25, 0.3) is 61.0 Å². The van der Waals surface area contributed by atoms with Crippen molar-refractivity contribution in [1.82, 2.24) is 9.55 Å². The average molecular weight is 1130 g/mol. The van der Waals surface area contributed by atoms with Gasteiger partial charge in [-0.1, -0.05) is 166 Å². The smallest absolute Gasteiger partial charge is 0.135 e. The summed E-state index contributed by atoms with van der Waals surface area (Å²) in [5, 5.41) is 2.16. The second-order valence-corrected chi connectivity index (χ2v) is 19.9. The van der Waals surface area contributed by atoms with E-state index in [9.17, 15) is 2.74 Å². The molecule has 0 amide bonds. The Balaban J connectivity index is 0.00000569. The quantitative estimate of drug-likeness (QED) is 0.135. The van der Waals surface area contributed by atoms with Gasteiger partial charge in [0.1, 0.15) is 5.82 Å². The SMILES string of the molecule is [2H]C([2H])(c1cc(-c2ccccc2)c(N2[CH-]N(c3[c-]c(Oc4[c-]c5c(cc4)c4ccccc4n5-c4cc(C5(C)c6ccccc6-c6ccccc65)ccn4)ccc3)c3ccccc32)c(-c2ccccc2)c1)C(C)(C)C.[Pt]. The second-order valence-electron chi connectivity index (χ2n) is 19.9. The molecule has 1 aliphatic heterocycles. The predicted molar refractivity (Wildman–Crippen MR) is 296 cm³/mol. The second kappa shape index (κ2) is 18.3. The summed E-state index contributed by atoms with van der Waals surface area (Å²) in [6.07, 6.45) is 0.296. The van der Waals surface area contributed by atoms with Crippen molar-refractivity contribution in [1.29, 1.82) is 0 Å². The molecular formula is C67H51N4OPt-3. The van der Waals surface area contributed by atoms with E-state index in [-0.39, 0.29) is 26.5 Å². The molecule has 73 heavy (non-hydrogen) atoms. The van der Waals surface area contributed by atoms with Crippen LogP contribution >= 0.6 is 0 Å². The van der Waals surface area contributed by atoms with E-state index in [1.165, 1.54) is 22.3 Å². The molecule has 0 saturated carbocycles. The summed E-state index contributed by atoms with van der Waals surface area (Å²) in [5.41, 5.74) is 15.3. The first kappa shape index (κ1) is 43.8. The molecule has 0 unspecified atom stereocenters. The van der Waals surface area contributed by atoms with Crippen LogP contribution in [-0.2, 0) is 32.9 Å². The number of ether oxygens (including phenoxy) is 1. The number of hydrogen-bond donors (Lipinski definition) is 0. The molecule has 358 valence electrons. The molecule has 0 atom stereocenters. The van der Waals surface area contributed by atoms with E-state index in [4.69, 9.17) is 9.72 Å². The Morgan fingerprint density at radius 2 is 1.16 bits per heavy atom.